The standard InChI is InChI=1S/C20H28F2N2O3S/c1-14-8-10-23(11-9-14)17-12-15-2-3-16(13-17)24(15)28(25,26)19-6-4-18(5-7-19)27-20(21)22/h4-7,14-17,20H,2-3,8-13H2,1H3/t15-,16?,17-/m0/s1. The first kappa shape index (κ1) is 20.0. The molecule has 0 aromatic heterocycles. The minimum atomic E-state index is -3.63. The van der Waals surface area contributed by atoms with Crippen LogP contribution in [0, 0.1) is 5.92 Å². The van der Waals surface area contributed by atoms with Crippen molar-refractivity contribution in [3.63, 3.8) is 0 Å². The van der Waals surface area contributed by atoms with Crippen molar-refractivity contribution in [1.82, 2.24) is 9.21 Å². The zero-order chi connectivity index (χ0) is 19.9. The van der Waals surface area contributed by atoms with Crippen LogP contribution in [0.15, 0.2) is 29.2 Å². The molecule has 3 heterocycles. The molecule has 0 spiro atoms. The number of ether oxygens (including phenoxy) is 1. The molecule has 0 aliphatic carbocycles. The molecule has 3 atom stereocenters. The maximum Gasteiger partial charge on any atom is 0.387 e. The quantitative estimate of drug-likeness (QED) is 0.737. The second-order valence-electron chi connectivity index (χ2n) is 8.41. The first-order valence-corrected chi connectivity index (χ1v) is 11.6. The second-order valence-corrected chi connectivity index (χ2v) is 10.3. The summed E-state index contributed by atoms with van der Waals surface area (Å²) in [4.78, 5) is 2.71. The molecular weight excluding hydrogens is 386 g/mol. The largest absolute Gasteiger partial charge is 0.435 e. The minimum Gasteiger partial charge on any atom is -0.435 e. The van der Waals surface area contributed by atoms with Gasteiger partial charge < -0.3 is 9.64 Å². The summed E-state index contributed by atoms with van der Waals surface area (Å²) in [5.74, 6) is 0.750. The number of piperidine rings is 2. The molecule has 3 fully saturated rings. The van der Waals surface area contributed by atoms with Crippen LogP contribution >= 0.6 is 0 Å². The van der Waals surface area contributed by atoms with Crippen LogP contribution < -0.4 is 4.74 Å². The highest BCUT2D eigenvalue weighted by atomic mass is 32.2. The molecule has 1 aromatic carbocycles. The minimum absolute atomic E-state index is 0.0324. The van der Waals surface area contributed by atoms with Crippen LogP contribution in [0.25, 0.3) is 0 Å². The fourth-order valence-corrected chi connectivity index (χ4v) is 7.00. The predicted molar refractivity (Wildman–Crippen MR) is 102 cm³/mol. The summed E-state index contributed by atoms with van der Waals surface area (Å²) in [6, 6.07) is 5.86. The van der Waals surface area contributed by atoms with Gasteiger partial charge in [-0.05, 0) is 81.8 Å². The van der Waals surface area contributed by atoms with Gasteiger partial charge in [0, 0.05) is 18.1 Å². The Morgan fingerprint density at radius 1 is 0.964 bits per heavy atom. The van der Waals surface area contributed by atoms with E-state index in [9.17, 15) is 17.2 Å². The number of hydrogen-bond acceptors (Lipinski definition) is 4. The molecule has 3 aliphatic rings. The van der Waals surface area contributed by atoms with E-state index in [0.29, 0.717) is 6.04 Å². The average molecular weight is 415 g/mol. The highest BCUT2D eigenvalue weighted by Gasteiger charge is 2.48. The maximum atomic E-state index is 13.2. The van der Waals surface area contributed by atoms with Gasteiger partial charge in [-0.15, -0.1) is 0 Å². The fraction of sp³-hybridized carbons (Fsp3) is 0.700. The Balaban J connectivity index is 1.47. The van der Waals surface area contributed by atoms with E-state index < -0.39 is 16.6 Å². The third kappa shape index (κ3) is 3.91. The Bertz CT molecular complexity index is 765. The van der Waals surface area contributed by atoms with E-state index in [4.69, 9.17) is 0 Å². The van der Waals surface area contributed by atoms with E-state index in [1.54, 1.807) is 4.31 Å². The molecule has 1 aromatic rings. The lowest BCUT2D eigenvalue weighted by Crippen LogP contribution is -2.53. The summed E-state index contributed by atoms with van der Waals surface area (Å²) in [6.45, 7) is 1.61. The van der Waals surface area contributed by atoms with Crippen molar-refractivity contribution >= 4 is 10.0 Å². The van der Waals surface area contributed by atoms with Crippen molar-refractivity contribution in [3.05, 3.63) is 24.3 Å². The summed E-state index contributed by atoms with van der Waals surface area (Å²) in [5.41, 5.74) is 0. The van der Waals surface area contributed by atoms with Crippen molar-refractivity contribution in [3.8, 4) is 5.75 Å². The van der Waals surface area contributed by atoms with Crippen LogP contribution in [0.5, 0.6) is 5.75 Å². The summed E-state index contributed by atoms with van der Waals surface area (Å²) in [6.07, 6.45) is 6.02. The van der Waals surface area contributed by atoms with Crippen LogP contribution in [0.4, 0.5) is 8.78 Å². The SMILES string of the molecule is CC1CCN([C@@H]2CC3CC[C@@H](C2)N3S(=O)(=O)c2ccc(OC(F)F)cc2)CC1. The average Bonchev–Trinajstić information content (AvgIpc) is 2.94. The zero-order valence-corrected chi connectivity index (χ0v) is 17.0. The van der Waals surface area contributed by atoms with Crippen LogP contribution in [0.2, 0.25) is 0 Å². The number of likely N-dealkylation sites (tertiary alicyclic amines) is 1. The Morgan fingerprint density at radius 3 is 2.07 bits per heavy atom. The molecule has 2 bridgehead atoms. The molecule has 3 aliphatic heterocycles. The lowest BCUT2D eigenvalue weighted by atomic mass is 9.93. The van der Waals surface area contributed by atoms with E-state index in [1.807, 2.05) is 0 Å². The Hall–Kier alpha value is -1.25. The van der Waals surface area contributed by atoms with Gasteiger partial charge in [0.05, 0.1) is 4.90 Å². The molecule has 8 heteroatoms. The molecule has 156 valence electrons. The first-order valence-electron chi connectivity index (χ1n) is 10.2. The monoisotopic (exact) mass is 414 g/mol. The van der Waals surface area contributed by atoms with Crippen molar-refractivity contribution in [1.29, 1.82) is 0 Å². The molecule has 4 rings (SSSR count). The summed E-state index contributed by atoms with van der Waals surface area (Å²) < 4.78 is 57.1. The van der Waals surface area contributed by atoms with E-state index >= 15 is 0 Å². The maximum absolute atomic E-state index is 13.2. The highest BCUT2D eigenvalue weighted by Crippen LogP contribution is 2.42. The first-order chi connectivity index (χ1) is 13.3. The number of nitrogens with zero attached hydrogens (tertiary/aromatic N) is 2. The summed E-state index contributed by atoms with van der Waals surface area (Å²) in [7, 11) is -3.63. The predicted octanol–water partition coefficient (Wildman–Crippen LogP) is 3.70. The molecule has 0 radical (unpaired) electrons. The van der Waals surface area contributed by atoms with Gasteiger partial charge >= 0.3 is 6.61 Å². The second kappa shape index (κ2) is 7.88. The topological polar surface area (TPSA) is 49.9 Å². The number of sulfonamides is 1. The van der Waals surface area contributed by atoms with Crippen LogP contribution in [-0.4, -0.2) is 55.4 Å². The van der Waals surface area contributed by atoms with Crippen molar-refractivity contribution in [2.45, 2.75) is 75.1 Å². The van der Waals surface area contributed by atoms with Crippen LogP contribution in [-0.2, 0) is 10.0 Å². The number of alkyl halides is 2. The lowest BCUT2D eigenvalue weighted by molar-refractivity contribution is -0.0498. The van der Waals surface area contributed by atoms with Gasteiger partial charge in [0.15, 0.2) is 0 Å². The Labute approximate surface area is 165 Å². The normalized spacial score (nSPS) is 30.1. The molecule has 5 nitrogen and oxygen atoms in total. The summed E-state index contributed by atoms with van der Waals surface area (Å²) in [5, 5.41) is 0. The van der Waals surface area contributed by atoms with Gasteiger partial charge in [0.2, 0.25) is 10.0 Å². The molecule has 0 saturated carbocycles. The van der Waals surface area contributed by atoms with Crippen molar-refractivity contribution in [2.24, 2.45) is 5.92 Å². The molecule has 28 heavy (non-hydrogen) atoms. The number of fused-ring (bicyclic) bond motifs is 2. The molecular formula is C20H28F2N2O3S. The molecule has 1 unspecified atom stereocenters. The van der Waals surface area contributed by atoms with Crippen molar-refractivity contribution in [2.75, 3.05) is 13.1 Å². The zero-order valence-electron chi connectivity index (χ0n) is 16.1. The van der Waals surface area contributed by atoms with E-state index in [1.165, 1.54) is 37.1 Å². The fourth-order valence-electron chi connectivity index (χ4n) is 5.10. The van der Waals surface area contributed by atoms with E-state index in [-0.39, 0.29) is 22.7 Å². The number of hydrogen-bond donors (Lipinski definition) is 0. The number of halogens is 2. The molecule has 0 amide bonds. The van der Waals surface area contributed by atoms with Gasteiger partial charge in [0.25, 0.3) is 0 Å². The van der Waals surface area contributed by atoms with E-state index in [2.05, 4.69) is 16.6 Å². The Morgan fingerprint density at radius 2 is 1.54 bits per heavy atom. The highest BCUT2D eigenvalue weighted by molar-refractivity contribution is 7.89. The van der Waals surface area contributed by atoms with Crippen molar-refractivity contribution < 1.29 is 21.9 Å². The Kier molecular flexibility index (Phi) is 5.64. The third-order valence-electron chi connectivity index (χ3n) is 6.60. The van der Waals surface area contributed by atoms with Gasteiger partial charge in [-0.25, -0.2) is 8.42 Å². The van der Waals surface area contributed by atoms with Gasteiger partial charge in [-0.1, -0.05) is 6.92 Å². The van der Waals surface area contributed by atoms with Crippen LogP contribution in [0.3, 0.4) is 0 Å². The van der Waals surface area contributed by atoms with Gasteiger partial charge in [0.1, 0.15) is 5.75 Å². The number of benzene rings is 1. The smallest absolute Gasteiger partial charge is 0.387 e. The van der Waals surface area contributed by atoms with Gasteiger partial charge in [-0.3, -0.25) is 0 Å². The van der Waals surface area contributed by atoms with E-state index in [0.717, 1.165) is 44.7 Å². The molecule has 3 saturated heterocycles. The van der Waals surface area contributed by atoms with Gasteiger partial charge in [-0.2, -0.15) is 13.1 Å². The third-order valence-corrected chi connectivity index (χ3v) is 8.62. The molecule has 0 N–H and O–H groups in total. The summed E-state index contributed by atoms with van der Waals surface area (Å²) >= 11 is 0. The number of rotatable bonds is 5. The van der Waals surface area contributed by atoms with Crippen LogP contribution in [0.1, 0.15) is 45.4 Å². The lowest BCUT2D eigenvalue weighted by Gasteiger charge is -2.44.